The van der Waals surface area contributed by atoms with Crippen molar-refractivity contribution in [3.63, 3.8) is 0 Å². The predicted molar refractivity (Wildman–Crippen MR) is 68.0 cm³/mol. The standard InChI is InChI=1S/C14H25NO2/c1-3-15-11(2)9-13(16)12-5-8-17-14(10-12)6-4-7-14/h11-12,15H,3-10H2,1-2H3. The summed E-state index contributed by atoms with van der Waals surface area (Å²) in [4.78, 5) is 12.2. The Labute approximate surface area is 104 Å². The topological polar surface area (TPSA) is 38.3 Å². The highest BCUT2D eigenvalue weighted by Gasteiger charge is 2.44. The van der Waals surface area contributed by atoms with E-state index in [2.05, 4.69) is 19.2 Å². The second kappa shape index (κ2) is 5.49. The second-order valence-electron chi connectivity index (χ2n) is 5.70. The zero-order valence-electron chi connectivity index (χ0n) is 11.1. The van der Waals surface area contributed by atoms with Gasteiger partial charge in [0.1, 0.15) is 5.78 Å². The van der Waals surface area contributed by atoms with Crippen molar-refractivity contribution in [1.82, 2.24) is 5.32 Å². The molecule has 0 amide bonds. The third-order valence-electron chi connectivity index (χ3n) is 4.27. The van der Waals surface area contributed by atoms with Crippen molar-refractivity contribution in [2.24, 2.45) is 5.92 Å². The SMILES string of the molecule is CCNC(C)CC(=O)C1CCOC2(CCC2)C1. The van der Waals surface area contributed by atoms with Gasteiger partial charge in [-0.1, -0.05) is 6.92 Å². The molecule has 1 N–H and O–H groups in total. The molecule has 2 fully saturated rings. The molecule has 1 aliphatic carbocycles. The number of nitrogens with one attached hydrogen (secondary N) is 1. The first-order chi connectivity index (χ1) is 8.15. The number of hydrogen-bond acceptors (Lipinski definition) is 3. The highest BCUT2D eigenvalue weighted by atomic mass is 16.5. The summed E-state index contributed by atoms with van der Waals surface area (Å²) in [7, 11) is 0. The van der Waals surface area contributed by atoms with Crippen molar-refractivity contribution < 1.29 is 9.53 Å². The second-order valence-corrected chi connectivity index (χ2v) is 5.70. The van der Waals surface area contributed by atoms with Gasteiger partial charge in [0.15, 0.2) is 0 Å². The van der Waals surface area contributed by atoms with E-state index in [4.69, 9.17) is 4.74 Å². The molecule has 0 aromatic heterocycles. The van der Waals surface area contributed by atoms with Crippen LogP contribution in [0.5, 0.6) is 0 Å². The van der Waals surface area contributed by atoms with Gasteiger partial charge in [0.2, 0.25) is 0 Å². The Morgan fingerprint density at radius 1 is 1.53 bits per heavy atom. The van der Waals surface area contributed by atoms with Gasteiger partial charge in [-0.05, 0) is 45.6 Å². The van der Waals surface area contributed by atoms with E-state index in [0.29, 0.717) is 18.2 Å². The number of rotatable bonds is 5. The van der Waals surface area contributed by atoms with Crippen LogP contribution in [-0.4, -0.2) is 30.6 Å². The Bertz CT molecular complexity index is 273. The number of Topliss-reactive ketones (excluding diaryl/α,β-unsaturated/α-hetero) is 1. The third kappa shape index (κ3) is 3.08. The van der Waals surface area contributed by atoms with Crippen LogP contribution in [-0.2, 0) is 9.53 Å². The molecule has 0 aromatic carbocycles. The fraction of sp³-hybridized carbons (Fsp3) is 0.929. The lowest BCUT2D eigenvalue weighted by molar-refractivity contribution is -0.155. The largest absolute Gasteiger partial charge is 0.375 e. The highest BCUT2D eigenvalue weighted by molar-refractivity contribution is 5.81. The maximum absolute atomic E-state index is 12.2. The van der Waals surface area contributed by atoms with Crippen LogP contribution < -0.4 is 5.32 Å². The first-order valence-electron chi connectivity index (χ1n) is 7.05. The summed E-state index contributed by atoms with van der Waals surface area (Å²) in [5.74, 6) is 0.693. The molecule has 1 saturated carbocycles. The van der Waals surface area contributed by atoms with Crippen molar-refractivity contribution in [1.29, 1.82) is 0 Å². The number of carbonyl (C=O) groups is 1. The van der Waals surface area contributed by atoms with E-state index in [9.17, 15) is 4.79 Å². The van der Waals surface area contributed by atoms with Crippen LogP contribution in [0.15, 0.2) is 0 Å². The molecule has 1 aliphatic heterocycles. The molecular formula is C14H25NO2. The van der Waals surface area contributed by atoms with Crippen LogP contribution in [0.2, 0.25) is 0 Å². The van der Waals surface area contributed by atoms with E-state index in [1.54, 1.807) is 0 Å². The Hall–Kier alpha value is -0.410. The molecule has 1 spiro atoms. The van der Waals surface area contributed by atoms with Gasteiger partial charge in [-0.15, -0.1) is 0 Å². The van der Waals surface area contributed by atoms with Crippen LogP contribution in [0.1, 0.15) is 52.4 Å². The van der Waals surface area contributed by atoms with Gasteiger partial charge in [-0.2, -0.15) is 0 Å². The van der Waals surface area contributed by atoms with Gasteiger partial charge >= 0.3 is 0 Å². The molecule has 3 heteroatoms. The van der Waals surface area contributed by atoms with Crippen LogP contribution in [0.25, 0.3) is 0 Å². The third-order valence-corrected chi connectivity index (χ3v) is 4.27. The van der Waals surface area contributed by atoms with Gasteiger partial charge in [0, 0.05) is 25.0 Å². The van der Waals surface area contributed by atoms with Crippen molar-refractivity contribution >= 4 is 5.78 Å². The zero-order chi connectivity index (χ0) is 12.3. The van der Waals surface area contributed by atoms with Crippen LogP contribution >= 0.6 is 0 Å². The van der Waals surface area contributed by atoms with Gasteiger partial charge in [0.05, 0.1) is 5.60 Å². The van der Waals surface area contributed by atoms with Gasteiger partial charge in [-0.3, -0.25) is 4.79 Å². The lowest BCUT2D eigenvalue weighted by Gasteiger charge is -2.47. The Balaban J connectivity index is 1.82. The van der Waals surface area contributed by atoms with E-state index in [0.717, 1.165) is 26.0 Å². The molecular weight excluding hydrogens is 214 g/mol. The smallest absolute Gasteiger partial charge is 0.137 e. The molecule has 1 heterocycles. The highest BCUT2D eigenvalue weighted by Crippen LogP contribution is 2.44. The maximum Gasteiger partial charge on any atom is 0.137 e. The molecule has 3 nitrogen and oxygen atoms in total. The number of ketones is 1. The van der Waals surface area contributed by atoms with E-state index in [1.807, 2.05) is 0 Å². The van der Waals surface area contributed by atoms with E-state index < -0.39 is 0 Å². The summed E-state index contributed by atoms with van der Waals surface area (Å²) in [6.07, 6.45) is 6.19. The summed E-state index contributed by atoms with van der Waals surface area (Å²) < 4.78 is 5.87. The summed E-state index contributed by atoms with van der Waals surface area (Å²) in [6.45, 7) is 5.90. The first kappa shape index (κ1) is 13.0. The average Bonchev–Trinajstić information content (AvgIpc) is 2.27. The first-order valence-corrected chi connectivity index (χ1v) is 7.05. The summed E-state index contributed by atoms with van der Waals surface area (Å²) in [6, 6.07) is 0.313. The number of ether oxygens (including phenoxy) is 1. The summed E-state index contributed by atoms with van der Waals surface area (Å²) in [5, 5.41) is 3.31. The van der Waals surface area contributed by atoms with Crippen molar-refractivity contribution in [2.45, 2.75) is 64.0 Å². The molecule has 0 bridgehead atoms. The molecule has 17 heavy (non-hydrogen) atoms. The number of hydrogen-bond donors (Lipinski definition) is 1. The molecule has 1 saturated heterocycles. The van der Waals surface area contributed by atoms with E-state index in [1.165, 1.54) is 19.3 Å². The van der Waals surface area contributed by atoms with E-state index in [-0.39, 0.29) is 11.5 Å². The monoisotopic (exact) mass is 239 g/mol. The minimum atomic E-state index is 0.0972. The minimum Gasteiger partial charge on any atom is -0.375 e. The Morgan fingerprint density at radius 3 is 2.88 bits per heavy atom. The lowest BCUT2D eigenvalue weighted by atomic mass is 9.71. The van der Waals surface area contributed by atoms with Gasteiger partial charge in [0.25, 0.3) is 0 Å². The van der Waals surface area contributed by atoms with Crippen LogP contribution in [0.4, 0.5) is 0 Å². The molecule has 0 radical (unpaired) electrons. The molecule has 98 valence electrons. The Morgan fingerprint density at radius 2 is 2.29 bits per heavy atom. The molecule has 2 atom stereocenters. The Kier molecular flexibility index (Phi) is 4.21. The lowest BCUT2D eigenvalue weighted by Crippen LogP contribution is -2.47. The van der Waals surface area contributed by atoms with Crippen molar-refractivity contribution in [3.8, 4) is 0 Å². The fourth-order valence-electron chi connectivity index (χ4n) is 3.11. The van der Waals surface area contributed by atoms with Crippen LogP contribution in [0.3, 0.4) is 0 Å². The molecule has 0 aromatic rings. The minimum absolute atomic E-state index is 0.0972. The van der Waals surface area contributed by atoms with Crippen LogP contribution in [0, 0.1) is 5.92 Å². The maximum atomic E-state index is 12.2. The normalized spacial score (nSPS) is 28.7. The molecule has 2 unspecified atom stereocenters. The van der Waals surface area contributed by atoms with Crippen molar-refractivity contribution in [3.05, 3.63) is 0 Å². The van der Waals surface area contributed by atoms with Crippen molar-refractivity contribution in [2.75, 3.05) is 13.2 Å². The quantitative estimate of drug-likeness (QED) is 0.800. The summed E-state index contributed by atoms with van der Waals surface area (Å²) >= 11 is 0. The molecule has 2 rings (SSSR count). The average molecular weight is 239 g/mol. The van der Waals surface area contributed by atoms with Gasteiger partial charge in [-0.25, -0.2) is 0 Å². The number of carbonyl (C=O) groups excluding carboxylic acids is 1. The predicted octanol–water partition coefficient (Wildman–Crippen LogP) is 2.29. The molecule has 2 aliphatic rings. The zero-order valence-corrected chi connectivity index (χ0v) is 11.1. The fourth-order valence-corrected chi connectivity index (χ4v) is 3.11. The summed E-state index contributed by atoms with van der Waals surface area (Å²) in [5.41, 5.74) is 0.0972. The van der Waals surface area contributed by atoms with Gasteiger partial charge < -0.3 is 10.1 Å². The van der Waals surface area contributed by atoms with E-state index >= 15 is 0 Å².